The second-order valence-corrected chi connectivity index (χ2v) is 9.52. The van der Waals surface area contributed by atoms with E-state index in [1.165, 1.54) is 39.9 Å². The van der Waals surface area contributed by atoms with E-state index in [1.807, 2.05) is 35.7 Å². The molecule has 3 aromatic rings. The van der Waals surface area contributed by atoms with Gasteiger partial charge in [0.05, 0.1) is 16.2 Å². The van der Waals surface area contributed by atoms with Crippen LogP contribution in [-0.4, -0.2) is 36.8 Å². The van der Waals surface area contributed by atoms with Gasteiger partial charge in [0.1, 0.15) is 11.6 Å². The number of ether oxygens (including phenoxy) is 1. The van der Waals surface area contributed by atoms with Crippen molar-refractivity contribution in [2.24, 2.45) is 0 Å². The number of nitrogens with zero attached hydrogens (tertiary/aromatic N) is 2. The SMILES string of the molecule is O=C(OCc1csc(-c2ccccc2)n1)c1ccc(S(=O)(=O)N2CCCC2)cc1. The Labute approximate surface area is 173 Å². The van der Waals surface area contributed by atoms with Crippen molar-refractivity contribution in [3.05, 3.63) is 71.2 Å². The van der Waals surface area contributed by atoms with Crippen LogP contribution in [0, 0.1) is 0 Å². The Kier molecular flexibility index (Phi) is 5.75. The monoisotopic (exact) mass is 428 g/mol. The summed E-state index contributed by atoms with van der Waals surface area (Å²) < 4.78 is 31.9. The van der Waals surface area contributed by atoms with Crippen LogP contribution in [0.5, 0.6) is 0 Å². The van der Waals surface area contributed by atoms with Gasteiger partial charge in [-0.25, -0.2) is 18.2 Å². The molecule has 0 amide bonds. The highest BCUT2D eigenvalue weighted by molar-refractivity contribution is 7.89. The first-order chi connectivity index (χ1) is 14.0. The molecule has 0 bridgehead atoms. The standard InChI is InChI=1S/C21H20N2O4S2/c24-21(27-14-18-15-28-20(22-18)16-6-2-1-3-7-16)17-8-10-19(11-9-17)29(25,26)23-12-4-5-13-23/h1-3,6-11,15H,4-5,12-14H2. The van der Waals surface area contributed by atoms with Crippen LogP contribution in [0.25, 0.3) is 10.6 Å². The van der Waals surface area contributed by atoms with Gasteiger partial charge in [0.25, 0.3) is 0 Å². The van der Waals surface area contributed by atoms with Crippen LogP contribution in [0.1, 0.15) is 28.9 Å². The molecule has 0 unspecified atom stereocenters. The van der Waals surface area contributed by atoms with Crippen LogP contribution >= 0.6 is 11.3 Å². The second kappa shape index (κ2) is 8.44. The average molecular weight is 429 g/mol. The quantitative estimate of drug-likeness (QED) is 0.556. The van der Waals surface area contributed by atoms with Gasteiger partial charge in [0, 0.05) is 24.0 Å². The van der Waals surface area contributed by atoms with Crippen molar-refractivity contribution >= 4 is 27.3 Å². The van der Waals surface area contributed by atoms with Crippen molar-refractivity contribution in [3.8, 4) is 10.6 Å². The first-order valence-corrected chi connectivity index (χ1v) is 11.6. The Morgan fingerprint density at radius 3 is 2.41 bits per heavy atom. The Morgan fingerprint density at radius 2 is 1.72 bits per heavy atom. The van der Waals surface area contributed by atoms with Gasteiger partial charge in [-0.1, -0.05) is 30.3 Å². The van der Waals surface area contributed by atoms with Gasteiger partial charge in [-0.15, -0.1) is 11.3 Å². The minimum Gasteiger partial charge on any atom is -0.456 e. The molecule has 6 nitrogen and oxygen atoms in total. The van der Waals surface area contributed by atoms with Crippen LogP contribution < -0.4 is 0 Å². The fourth-order valence-corrected chi connectivity index (χ4v) is 5.48. The molecule has 1 aliphatic heterocycles. The third-order valence-electron chi connectivity index (χ3n) is 4.72. The van der Waals surface area contributed by atoms with E-state index in [-0.39, 0.29) is 11.5 Å². The summed E-state index contributed by atoms with van der Waals surface area (Å²) in [5, 5.41) is 2.73. The molecule has 0 spiro atoms. The molecule has 1 aromatic heterocycles. The maximum absolute atomic E-state index is 12.5. The van der Waals surface area contributed by atoms with Gasteiger partial charge in [-0.05, 0) is 37.1 Å². The summed E-state index contributed by atoms with van der Waals surface area (Å²) in [5.41, 5.74) is 2.00. The number of thiazole rings is 1. The van der Waals surface area contributed by atoms with Crippen LogP contribution in [0.2, 0.25) is 0 Å². The number of hydrogen-bond acceptors (Lipinski definition) is 6. The summed E-state index contributed by atoms with van der Waals surface area (Å²) >= 11 is 1.49. The van der Waals surface area contributed by atoms with Crippen molar-refractivity contribution in [1.82, 2.24) is 9.29 Å². The summed E-state index contributed by atoms with van der Waals surface area (Å²) in [7, 11) is -3.49. The van der Waals surface area contributed by atoms with Crippen molar-refractivity contribution in [2.45, 2.75) is 24.3 Å². The van der Waals surface area contributed by atoms with Crippen LogP contribution in [0.4, 0.5) is 0 Å². The van der Waals surface area contributed by atoms with E-state index in [4.69, 9.17) is 4.74 Å². The zero-order valence-electron chi connectivity index (χ0n) is 15.7. The van der Waals surface area contributed by atoms with E-state index in [9.17, 15) is 13.2 Å². The summed E-state index contributed by atoms with van der Waals surface area (Å²) in [6, 6.07) is 15.7. The van der Waals surface area contributed by atoms with E-state index < -0.39 is 16.0 Å². The molecule has 8 heteroatoms. The molecule has 1 saturated heterocycles. The molecular weight excluding hydrogens is 408 g/mol. The van der Waals surface area contributed by atoms with Crippen molar-refractivity contribution in [2.75, 3.05) is 13.1 Å². The Hall–Kier alpha value is -2.55. The lowest BCUT2D eigenvalue weighted by molar-refractivity contribution is 0.0468. The molecule has 0 saturated carbocycles. The zero-order chi connectivity index (χ0) is 20.3. The topological polar surface area (TPSA) is 76.6 Å². The lowest BCUT2D eigenvalue weighted by Gasteiger charge is -2.15. The lowest BCUT2D eigenvalue weighted by Crippen LogP contribution is -2.27. The Balaban J connectivity index is 1.38. The molecule has 1 aliphatic rings. The van der Waals surface area contributed by atoms with Gasteiger partial charge in [0.15, 0.2) is 0 Å². The van der Waals surface area contributed by atoms with Gasteiger partial charge in [-0.3, -0.25) is 0 Å². The maximum atomic E-state index is 12.5. The molecule has 2 heterocycles. The predicted octanol–water partition coefficient (Wildman–Crippen LogP) is 3.95. The first kappa shape index (κ1) is 19.8. The van der Waals surface area contributed by atoms with Gasteiger partial charge < -0.3 is 4.74 Å². The highest BCUT2D eigenvalue weighted by Crippen LogP contribution is 2.24. The van der Waals surface area contributed by atoms with Gasteiger partial charge in [0.2, 0.25) is 10.0 Å². The Bertz CT molecular complexity index is 1090. The number of hydrogen-bond donors (Lipinski definition) is 0. The summed E-state index contributed by atoms with van der Waals surface area (Å²) in [6.07, 6.45) is 1.76. The van der Waals surface area contributed by atoms with Crippen molar-refractivity contribution in [3.63, 3.8) is 0 Å². The second-order valence-electron chi connectivity index (χ2n) is 6.72. The van der Waals surface area contributed by atoms with E-state index in [0.29, 0.717) is 24.3 Å². The summed E-state index contributed by atoms with van der Waals surface area (Å²) in [5.74, 6) is -0.510. The number of aromatic nitrogens is 1. The molecule has 0 atom stereocenters. The molecular formula is C21H20N2O4S2. The largest absolute Gasteiger partial charge is 0.456 e. The highest BCUT2D eigenvalue weighted by atomic mass is 32.2. The first-order valence-electron chi connectivity index (χ1n) is 9.31. The fraction of sp³-hybridized carbons (Fsp3) is 0.238. The molecule has 0 N–H and O–H groups in total. The zero-order valence-corrected chi connectivity index (χ0v) is 17.3. The lowest BCUT2D eigenvalue weighted by atomic mass is 10.2. The molecule has 4 rings (SSSR count). The number of carbonyl (C=O) groups is 1. The minimum absolute atomic E-state index is 0.0655. The number of rotatable bonds is 6. The summed E-state index contributed by atoms with van der Waals surface area (Å²) in [6.45, 7) is 1.16. The van der Waals surface area contributed by atoms with E-state index in [2.05, 4.69) is 4.98 Å². The van der Waals surface area contributed by atoms with Gasteiger partial charge in [-0.2, -0.15) is 4.31 Å². The molecule has 1 fully saturated rings. The number of sulfonamides is 1. The number of esters is 1. The third kappa shape index (κ3) is 4.39. The van der Waals surface area contributed by atoms with E-state index >= 15 is 0 Å². The summed E-state index contributed by atoms with van der Waals surface area (Å²) in [4.78, 5) is 17.0. The molecule has 150 valence electrons. The van der Waals surface area contributed by atoms with E-state index in [1.54, 1.807) is 0 Å². The smallest absolute Gasteiger partial charge is 0.338 e. The predicted molar refractivity (Wildman–Crippen MR) is 111 cm³/mol. The van der Waals surface area contributed by atoms with Crippen LogP contribution in [-0.2, 0) is 21.4 Å². The molecule has 2 aromatic carbocycles. The van der Waals surface area contributed by atoms with Gasteiger partial charge >= 0.3 is 5.97 Å². The van der Waals surface area contributed by atoms with E-state index in [0.717, 1.165) is 23.4 Å². The third-order valence-corrected chi connectivity index (χ3v) is 7.57. The number of benzene rings is 2. The molecule has 0 aliphatic carbocycles. The maximum Gasteiger partial charge on any atom is 0.338 e. The highest BCUT2D eigenvalue weighted by Gasteiger charge is 2.27. The van der Waals surface area contributed by atoms with Crippen LogP contribution in [0.3, 0.4) is 0 Å². The fourth-order valence-electron chi connectivity index (χ4n) is 3.15. The number of carbonyl (C=O) groups excluding carboxylic acids is 1. The Morgan fingerprint density at radius 1 is 1.03 bits per heavy atom. The van der Waals surface area contributed by atoms with Crippen LogP contribution in [0.15, 0.2) is 64.9 Å². The molecule has 29 heavy (non-hydrogen) atoms. The van der Waals surface area contributed by atoms with Crippen molar-refractivity contribution < 1.29 is 17.9 Å². The normalized spacial score (nSPS) is 14.8. The average Bonchev–Trinajstić information content (AvgIpc) is 3.45. The van der Waals surface area contributed by atoms with Crippen molar-refractivity contribution in [1.29, 1.82) is 0 Å². The molecule has 0 radical (unpaired) electrons. The minimum atomic E-state index is -3.49.